The zero-order valence-corrected chi connectivity index (χ0v) is 8.29. The standard InChI is InChI=1S/C10H20N2/c1-11(2)8-10-4-3-7-12(10)9-5-6-9/h9-10H,3-8H2,1-2H3/t10-/m1/s1. The van der Waals surface area contributed by atoms with Crippen LogP contribution >= 0.6 is 0 Å². The Hall–Kier alpha value is -0.0800. The van der Waals surface area contributed by atoms with Gasteiger partial charge in [0.25, 0.3) is 0 Å². The van der Waals surface area contributed by atoms with Crippen molar-refractivity contribution in [2.24, 2.45) is 0 Å². The highest BCUT2D eigenvalue weighted by Gasteiger charge is 2.36. The van der Waals surface area contributed by atoms with Crippen molar-refractivity contribution >= 4 is 0 Å². The third-order valence-corrected chi connectivity index (χ3v) is 3.01. The van der Waals surface area contributed by atoms with Gasteiger partial charge in [-0.1, -0.05) is 0 Å². The lowest BCUT2D eigenvalue weighted by Crippen LogP contribution is -2.38. The molecule has 70 valence electrons. The Bertz CT molecular complexity index is 152. The average Bonchev–Trinajstić information content (AvgIpc) is 2.73. The molecule has 1 heterocycles. The molecular weight excluding hydrogens is 148 g/mol. The van der Waals surface area contributed by atoms with E-state index in [0.717, 1.165) is 12.1 Å². The van der Waals surface area contributed by atoms with Crippen LogP contribution in [0, 0.1) is 0 Å². The molecule has 1 saturated carbocycles. The first-order valence-electron chi connectivity index (χ1n) is 5.18. The number of likely N-dealkylation sites (tertiary alicyclic amines) is 1. The molecule has 1 atom stereocenters. The van der Waals surface area contributed by atoms with Gasteiger partial charge in [-0.25, -0.2) is 0 Å². The minimum absolute atomic E-state index is 0.868. The topological polar surface area (TPSA) is 6.48 Å². The summed E-state index contributed by atoms with van der Waals surface area (Å²) >= 11 is 0. The van der Waals surface area contributed by atoms with Crippen LogP contribution in [0.2, 0.25) is 0 Å². The van der Waals surface area contributed by atoms with Crippen LogP contribution in [-0.2, 0) is 0 Å². The lowest BCUT2D eigenvalue weighted by atomic mass is 10.2. The first-order valence-corrected chi connectivity index (χ1v) is 5.18. The van der Waals surface area contributed by atoms with Crippen molar-refractivity contribution in [3.63, 3.8) is 0 Å². The van der Waals surface area contributed by atoms with E-state index in [-0.39, 0.29) is 0 Å². The van der Waals surface area contributed by atoms with Crippen LogP contribution in [-0.4, -0.2) is 49.1 Å². The molecule has 2 rings (SSSR count). The summed E-state index contributed by atoms with van der Waals surface area (Å²) in [6.07, 6.45) is 5.78. The van der Waals surface area contributed by atoms with Gasteiger partial charge in [0.2, 0.25) is 0 Å². The molecule has 2 heteroatoms. The van der Waals surface area contributed by atoms with Gasteiger partial charge in [-0.15, -0.1) is 0 Å². The molecule has 1 aliphatic carbocycles. The van der Waals surface area contributed by atoms with Crippen molar-refractivity contribution in [2.75, 3.05) is 27.2 Å². The van der Waals surface area contributed by atoms with Gasteiger partial charge in [0.15, 0.2) is 0 Å². The summed E-state index contributed by atoms with van der Waals surface area (Å²) in [5, 5.41) is 0. The fraction of sp³-hybridized carbons (Fsp3) is 1.00. The maximum atomic E-state index is 2.74. The second-order valence-corrected chi connectivity index (χ2v) is 4.53. The Morgan fingerprint density at radius 2 is 2.00 bits per heavy atom. The summed E-state index contributed by atoms with van der Waals surface area (Å²) in [6.45, 7) is 2.62. The number of nitrogens with zero attached hydrogens (tertiary/aromatic N) is 2. The van der Waals surface area contributed by atoms with Gasteiger partial charge >= 0.3 is 0 Å². The summed E-state index contributed by atoms with van der Waals surface area (Å²) in [5.74, 6) is 0. The van der Waals surface area contributed by atoms with Crippen molar-refractivity contribution in [2.45, 2.75) is 37.8 Å². The van der Waals surface area contributed by atoms with Crippen LogP contribution in [0.1, 0.15) is 25.7 Å². The highest BCUT2D eigenvalue weighted by Crippen LogP contribution is 2.33. The van der Waals surface area contributed by atoms with E-state index in [1.807, 2.05) is 0 Å². The Balaban J connectivity index is 1.85. The molecular formula is C10H20N2. The molecule has 0 spiro atoms. The van der Waals surface area contributed by atoms with Gasteiger partial charge < -0.3 is 4.90 Å². The molecule has 0 bridgehead atoms. The van der Waals surface area contributed by atoms with E-state index in [9.17, 15) is 0 Å². The largest absolute Gasteiger partial charge is 0.308 e. The summed E-state index contributed by atoms with van der Waals surface area (Å²) in [6, 6.07) is 1.84. The van der Waals surface area contributed by atoms with Crippen molar-refractivity contribution in [3.05, 3.63) is 0 Å². The van der Waals surface area contributed by atoms with Crippen LogP contribution in [0.4, 0.5) is 0 Å². The third-order valence-electron chi connectivity index (χ3n) is 3.01. The lowest BCUT2D eigenvalue weighted by molar-refractivity contribution is 0.200. The number of likely N-dealkylation sites (N-methyl/N-ethyl adjacent to an activating group) is 1. The Labute approximate surface area is 75.5 Å². The normalized spacial score (nSPS) is 31.8. The monoisotopic (exact) mass is 168 g/mol. The van der Waals surface area contributed by atoms with Crippen LogP contribution < -0.4 is 0 Å². The molecule has 0 aromatic rings. The number of hydrogen-bond acceptors (Lipinski definition) is 2. The average molecular weight is 168 g/mol. The van der Waals surface area contributed by atoms with E-state index < -0.39 is 0 Å². The van der Waals surface area contributed by atoms with Gasteiger partial charge in [0.05, 0.1) is 0 Å². The molecule has 0 radical (unpaired) electrons. The van der Waals surface area contributed by atoms with E-state index in [4.69, 9.17) is 0 Å². The zero-order valence-electron chi connectivity index (χ0n) is 8.29. The van der Waals surface area contributed by atoms with Crippen molar-refractivity contribution < 1.29 is 0 Å². The van der Waals surface area contributed by atoms with Crippen LogP contribution in [0.3, 0.4) is 0 Å². The summed E-state index contributed by atoms with van der Waals surface area (Å²) < 4.78 is 0. The van der Waals surface area contributed by atoms with Gasteiger partial charge in [0.1, 0.15) is 0 Å². The SMILES string of the molecule is CN(C)C[C@H]1CCCN1C1CC1. The van der Waals surface area contributed by atoms with Crippen LogP contribution in [0.15, 0.2) is 0 Å². The number of rotatable bonds is 3. The van der Waals surface area contributed by atoms with Crippen LogP contribution in [0.5, 0.6) is 0 Å². The molecule has 2 aliphatic rings. The quantitative estimate of drug-likeness (QED) is 0.624. The number of hydrogen-bond donors (Lipinski definition) is 0. The first-order chi connectivity index (χ1) is 5.77. The van der Waals surface area contributed by atoms with Gasteiger partial charge in [-0.2, -0.15) is 0 Å². The van der Waals surface area contributed by atoms with Gasteiger partial charge in [0, 0.05) is 18.6 Å². The molecule has 12 heavy (non-hydrogen) atoms. The van der Waals surface area contributed by atoms with Crippen LogP contribution in [0.25, 0.3) is 0 Å². The second-order valence-electron chi connectivity index (χ2n) is 4.53. The van der Waals surface area contributed by atoms with E-state index in [2.05, 4.69) is 23.9 Å². The second kappa shape index (κ2) is 3.35. The van der Waals surface area contributed by atoms with E-state index in [0.29, 0.717) is 0 Å². The summed E-state index contributed by atoms with van der Waals surface area (Å²) in [4.78, 5) is 5.06. The van der Waals surface area contributed by atoms with Gasteiger partial charge in [-0.3, -0.25) is 4.90 Å². The highest BCUT2D eigenvalue weighted by molar-refractivity contribution is 4.92. The molecule has 1 saturated heterocycles. The fourth-order valence-electron chi connectivity index (χ4n) is 2.36. The molecule has 0 unspecified atom stereocenters. The zero-order chi connectivity index (χ0) is 8.55. The van der Waals surface area contributed by atoms with Crippen molar-refractivity contribution in [1.82, 2.24) is 9.80 Å². The maximum absolute atomic E-state index is 2.74. The molecule has 0 N–H and O–H groups in total. The van der Waals surface area contributed by atoms with E-state index >= 15 is 0 Å². The van der Waals surface area contributed by atoms with Gasteiger partial charge in [-0.05, 0) is 46.3 Å². The molecule has 1 aliphatic heterocycles. The van der Waals surface area contributed by atoms with Crippen molar-refractivity contribution in [1.29, 1.82) is 0 Å². The molecule has 2 nitrogen and oxygen atoms in total. The minimum Gasteiger partial charge on any atom is -0.308 e. The maximum Gasteiger partial charge on any atom is 0.0226 e. The predicted octanol–water partition coefficient (Wildman–Crippen LogP) is 1.17. The summed E-state index contributed by atoms with van der Waals surface area (Å²) in [5.41, 5.74) is 0. The molecule has 2 fully saturated rings. The molecule has 0 aromatic carbocycles. The smallest absolute Gasteiger partial charge is 0.0226 e. The Morgan fingerprint density at radius 1 is 1.25 bits per heavy atom. The highest BCUT2D eigenvalue weighted by atomic mass is 15.3. The van der Waals surface area contributed by atoms with Crippen molar-refractivity contribution in [3.8, 4) is 0 Å². The Morgan fingerprint density at radius 3 is 2.58 bits per heavy atom. The molecule has 0 amide bonds. The minimum atomic E-state index is 0.868. The predicted molar refractivity (Wildman–Crippen MR) is 51.3 cm³/mol. The Kier molecular flexibility index (Phi) is 2.37. The third kappa shape index (κ3) is 1.80. The fourth-order valence-corrected chi connectivity index (χ4v) is 2.36. The summed E-state index contributed by atoms with van der Waals surface area (Å²) in [7, 11) is 4.37. The first kappa shape index (κ1) is 8.52. The molecule has 0 aromatic heterocycles. The van der Waals surface area contributed by atoms with E-state index in [1.165, 1.54) is 38.8 Å². The van der Waals surface area contributed by atoms with E-state index in [1.54, 1.807) is 0 Å². The lowest BCUT2D eigenvalue weighted by Gasteiger charge is -2.26.